The topological polar surface area (TPSA) is 49.8 Å². The normalized spacial score (nSPS) is 10.0. The van der Waals surface area contributed by atoms with Gasteiger partial charge in [0.15, 0.2) is 0 Å². The van der Waals surface area contributed by atoms with Crippen molar-refractivity contribution in [1.82, 2.24) is 9.97 Å². The first kappa shape index (κ1) is 13.6. The van der Waals surface area contributed by atoms with E-state index in [1.54, 1.807) is 36.5 Å². The lowest BCUT2D eigenvalue weighted by Gasteiger charge is -2.09. The summed E-state index contributed by atoms with van der Waals surface area (Å²) in [5, 5.41) is 7.24. The van der Waals surface area contributed by atoms with Gasteiger partial charge in [0.25, 0.3) is 0 Å². The lowest BCUT2D eigenvalue weighted by Crippen LogP contribution is -2.04. The van der Waals surface area contributed by atoms with Gasteiger partial charge in [-0.1, -0.05) is 29.3 Å². The van der Waals surface area contributed by atoms with Crippen molar-refractivity contribution in [2.45, 2.75) is 0 Å². The van der Waals surface area contributed by atoms with Gasteiger partial charge in [-0.2, -0.15) is 4.98 Å². The third-order valence-corrected chi connectivity index (χ3v) is 2.80. The van der Waals surface area contributed by atoms with Crippen LogP contribution in [0.2, 0.25) is 10.0 Å². The Morgan fingerprint density at radius 1 is 1.26 bits per heavy atom. The van der Waals surface area contributed by atoms with Gasteiger partial charge >= 0.3 is 0 Å². The maximum absolute atomic E-state index is 6.08. The smallest absolute Gasteiger partial charge is 0.224 e. The van der Waals surface area contributed by atoms with Gasteiger partial charge in [-0.05, 0) is 24.3 Å². The van der Waals surface area contributed by atoms with Crippen LogP contribution in [0.5, 0.6) is 0 Å². The number of halogens is 2. The Morgan fingerprint density at radius 2 is 2.11 bits per heavy atom. The lowest BCUT2D eigenvalue weighted by molar-refractivity contribution is 1.12. The third-order valence-electron chi connectivity index (χ3n) is 2.25. The minimum Gasteiger partial charge on any atom is -0.351 e. The van der Waals surface area contributed by atoms with E-state index in [4.69, 9.17) is 23.2 Å². The van der Waals surface area contributed by atoms with E-state index < -0.39 is 0 Å². The van der Waals surface area contributed by atoms with Crippen molar-refractivity contribution < 1.29 is 0 Å². The summed E-state index contributed by atoms with van der Waals surface area (Å²) in [5.74, 6) is 1.17. The van der Waals surface area contributed by atoms with Crippen LogP contribution >= 0.6 is 23.2 Å². The van der Waals surface area contributed by atoms with Crippen LogP contribution in [0.1, 0.15) is 0 Å². The second kappa shape index (κ2) is 6.41. The van der Waals surface area contributed by atoms with Gasteiger partial charge in [0.2, 0.25) is 5.95 Å². The van der Waals surface area contributed by atoms with E-state index in [1.165, 1.54) is 0 Å². The maximum Gasteiger partial charge on any atom is 0.224 e. The molecule has 0 fully saturated rings. The first-order valence-corrected chi connectivity index (χ1v) is 6.34. The number of hydrogen-bond donors (Lipinski definition) is 2. The molecule has 19 heavy (non-hydrogen) atoms. The Hall–Kier alpha value is -1.78. The quantitative estimate of drug-likeness (QED) is 0.814. The highest BCUT2D eigenvalue weighted by Crippen LogP contribution is 2.27. The van der Waals surface area contributed by atoms with Gasteiger partial charge < -0.3 is 10.6 Å². The molecule has 2 aromatic rings. The molecule has 2 N–H and O–H groups in total. The first-order valence-electron chi connectivity index (χ1n) is 5.59. The Labute approximate surface area is 121 Å². The summed E-state index contributed by atoms with van der Waals surface area (Å²) >= 11 is 11.9. The summed E-state index contributed by atoms with van der Waals surface area (Å²) in [7, 11) is 0. The van der Waals surface area contributed by atoms with E-state index in [9.17, 15) is 0 Å². The van der Waals surface area contributed by atoms with Gasteiger partial charge in [-0.25, -0.2) is 4.98 Å². The van der Waals surface area contributed by atoms with Crippen LogP contribution in [0.15, 0.2) is 43.1 Å². The molecule has 1 aromatic heterocycles. The molecule has 1 heterocycles. The highest BCUT2D eigenvalue weighted by atomic mass is 35.5. The number of rotatable bonds is 5. The van der Waals surface area contributed by atoms with E-state index >= 15 is 0 Å². The van der Waals surface area contributed by atoms with Crippen molar-refractivity contribution in [3.63, 3.8) is 0 Å². The van der Waals surface area contributed by atoms with E-state index in [0.717, 1.165) is 5.69 Å². The fourth-order valence-corrected chi connectivity index (χ4v) is 1.86. The van der Waals surface area contributed by atoms with Crippen LogP contribution < -0.4 is 10.6 Å². The number of nitrogens with zero attached hydrogens (tertiary/aromatic N) is 2. The summed E-state index contributed by atoms with van der Waals surface area (Å²) in [5.41, 5.74) is 0.736. The lowest BCUT2D eigenvalue weighted by atomic mass is 10.3. The highest BCUT2D eigenvalue weighted by Gasteiger charge is 2.03. The number of aromatic nitrogens is 2. The Morgan fingerprint density at radius 3 is 2.84 bits per heavy atom. The molecule has 0 saturated carbocycles. The zero-order valence-electron chi connectivity index (χ0n) is 10.0. The maximum atomic E-state index is 6.08. The number of anilines is 3. The molecule has 0 spiro atoms. The molecule has 4 nitrogen and oxygen atoms in total. The molecule has 0 unspecified atom stereocenters. The molecule has 0 aliphatic rings. The molecule has 0 aliphatic carbocycles. The molecule has 0 bridgehead atoms. The van der Waals surface area contributed by atoms with Crippen LogP contribution in [0, 0.1) is 0 Å². The molecule has 2 rings (SSSR count). The number of nitrogens with one attached hydrogen (secondary N) is 2. The summed E-state index contributed by atoms with van der Waals surface area (Å²) in [4.78, 5) is 8.39. The summed E-state index contributed by atoms with van der Waals surface area (Å²) in [6, 6.07) is 6.98. The van der Waals surface area contributed by atoms with Crippen molar-refractivity contribution in [2.75, 3.05) is 17.2 Å². The monoisotopic (exact) mass is 294 g/mol. The highest BCUT2D eigenvalue weighted by molar-refractivity contribution is 6.36. The van der Waals surface area contributed by atoms with Crippen molar-refractivity contribution in [3.05, 3.63) is 53.2 Å². The molecule has 0 atom stereocenters. The van der Waals surface area contributed by atoms with Crippen LogP contribution in [0.3, 0.4) is 0 Å². The average Bonchev–Trinajstić information content (AvgIpc) is 2.40. The Balaban J connectivity index is 2.16. The number of benzene rings is 1. The van der Waals surface area contributed by atoms with Gasteiger partial charge in [0.1, 0.15) is 5.82 Å². The average molecular weight is 295 g/mol. The standard InChI is InChI=1S/C13H12Cl2N4/c1-2-6-16-13-17-7-5-12(19-13)18-11-4-3-9(14)8-10(11)15/h2-5,7-8H,1,6H2,(H2,16,17,18,19). The molecule has 0 radical (unpaired) electrons. The SMILES string of the molecule is C=CCNc1nccc(Nc2ccc(Cl)cc2Cl)n1. The summed E-state index contributed by atoms with van der Waals surface area (Å²) in [6.45, 7) is 4.22. The number of hydrogen-bond acceptors (Lipinski definition) is 4. The molecular formula is C13H12Cl2N4. The predicted molar refractivity (Wildman–Crippen MR) is 80.5 cm³/mol. The minimum atomic E-state index is 0.523. The second-order valence-corrected chi connectivity index (χ2v) is 4.53. The van der Waals surface area contributed by atoms with Gasteiger partial charge in [0, 0.05) is 17.8 Å². The molecular weight excluding hydrogens is 283 g/mol. The molecule has 1 aromatic carbocycles. The zero-order valence-corrected chi connectivity index (χ0v) is 11.5. The fraction of sp³-hybridized carbons (Fsp3) is 0.0769. The largest absolute Gasteiger partial charge is 0.351 e. The molecule has 0 saturated heterocycles. The first-order chi connectivity index (χ1) is 9.19. The molecule has 0 aliphatic heterocycles. The fourth-order valence-electron chi connectivity index (χ4n) is 1.41. The van der Waals surface area contributed by atoms with Crippen LogP contribution in [0.25, 0.3) is 0 Å². The molecule has 0 amide bonds. The summed E-state index contributed by atoms with van der Waals surface area (Å²) < 4.78 is 0. The van der Waals surface area contributed by atoms with Gasteiger partial charge in [-0.3, -0.25) is 0 Å². The Bertz CT molecular complexity index is 587. The Kier molecular flexibility index (Phi) is 4.60. The van der Waals surface area contributed by atoms with Crippen LogP contribution in [-0.4, -0.2) is 16.5 Å². The van der Waals surface area contributed by atoms with E-state index in [0.29, 0.717) is 28.4 Å². The van der Waals surface area contributed by atoms with Crippen molar-refractivity contribution in [2.24, 2.45) is 0 Å². The van der Waals surface area contributed by atoms with Crippen molar-refractivity contribution in [3.8, 4) is 0 Å². The third kappa shape index (κ3) is 3.84. The van der Waals surface area contributed by atoms with Crippen molar-refractivity contribution >= 4 is 40.7 Å². The second-order valence-electron chi connectivity index (χ2n) is 3.68. The van der Waals surface area contributed by atoms with Crippen LogP contribution in [-0.2, 0) is 0 Å². The molecule has 6 heteroatoms. The zero-order chi connectivity index (χ0) is 13.7. The summed E-state index contributed by atoms with van der Waals surface area (Å²) in [6.07, 6.45) is 3.39. The van der Waals surface area contributed by atoms with Crippen LogP contribution in [0.4, 0.5) is 17.5 Å². The minimum absolute atomic E-state index is 0.523. The van der Waals surface area contributed by atoms with Crippen molar-refractivity contribution in [1.29, 1.82) is 0 Å². The van der Waals surface area contributed by atoms with E-state index in [2.05, 4.69) is 27.2 Å². The van der Waals surface area contributed by atoms with Gasteiger partial charge in [0.05, 0.1) is 10.7 Å². The van der Waals surface area contributed by atoms with E-state index in [-0.39, 0.29) is 0 Å². The predicted octanol–water partition coefficient (Wildman–Crippen LogP) is 4.12. The van der Waals surface area contributed by atoms with E-state index in [1.807, 2.05) is 0 Å². The molecule has 98 valence electrons. The van der Waals surface area contributed by atoms with Gasteiger partial charge in [-0.15, -0.1) is 6.58 Å².